The van der Waals surface area contributed by atoms with Crippen LogP contribution in [0.15, 0.2) is 30.3 Å². The second-order valence-electron chi connectivity index (χ2n) is 5.62. The number of aliphatic carboxylic acids is 1. The molecule has 0 saturated heterocycles. The number of rotatable bonds is 2. The van der Waals surface area contributed by atoms with E-state index in [1.807, 2.05) is 18.2 Å². The number of carbonyl (C=O) groups is 1. The Morgan fingerprint density at radius 2 is 1.94 bits per heavy atom. The van der Waals surface area contributed by atoms with Crippen LogP contribution in [0.5, 0.6) is 0 Å². The van der Waals surface area contributed by atoms with Crippen LogP contribution in [0, 0.1) is 5.41 Å². The number of benzene rings is 1. The Kier molecular flexibility index (Phi) is 2.82. The quantitative estimate of drug-likeness (QED) is 0.841. The van der Waals surface area contributed by atoms with Crippen molar-refractivity contribution in [3.63, 3.8) is 0 Å². The summed E-state index contributed by atoms with van der Waals surface area (Å²) < 4.78 is 0. The van der Waals surface area contributed by atoms with Crippen molar-refractivity contribution in [2.24, 2.45) is 5.41 Å². The molecular weight excluding hydrogens is 212 g/mol. The Hall–Kier alpha value is -1.57. The van der Waals surface area contributed by atoms with E-state index in [4.69, 9.17) is 5.11 Å². The Labute approximate surface area is 102 Å². The molecule has 1 aromatic carbocycles. The highest BCUT2D eigenvalue weighted by atomic mass is 16.4. The number of hydrogen-bond acceptors (Lipinski definition) is 1. The van der Waals surface area contributed by atoms with E-state index in [0.29, 0.717) is 0 Å². The van der Waals surface area contributed by atoms with Gasteiger partial charge in [-0.15, -0.1) is 0 Å². The monoisotopic (exact) mass is 230 g/mol. The molecule has 2 rings (SSSR count). The molecule has 1 aliphatic rings. The highest BCUT2D eigenvalue weighted by Gasteiger charge is 2.30. The molecule has 2 heteroatoms. The van der Waals surface area contributed by atoms with Gasteiger partial charge in [-0.2, -0.15) is 0 Å². The fraction of sp³-hybridized carbons (Fsp3) is 0.400. The van der Waals surface area contributed by atoms with Crippen molar-refractivity contribution in [1.82, 2.24) is 0 Å². The second kappa shape index (κ2) is 4.02. The van der Waals surface area contributed by atoms with E-state index in [-0.39, 0.29) is 17.8 Å². The molecule has 1 aromatic rings. The third kappa shape index (κ3) is 2.26. The van der Waals surface area contributed by atoms with Gasteiger partial charge in [0, 0.05) is 5.92 Å². The second-order valence-corrected chi connectivity index (χ2v) is 5.62. The van der Waals surface area contributed by atoms with Gasteiger partial charge in [0.1, 0.15) is 0 Å². The number of allylic oxidation sites excluding steroid dienone is 2. The maximum atomic E-state index is 10.9. The third-order valence-electron chi connectivity index (χ3n) is 3.22. The minimum atomic E-state index is -0.740. The van der Waals surface area contributed by atoms with Gasteiger partial charge < -0.3 is 5.11 Å². The van der Waals surface area contributed by atoms with E-state index in [2.05, 4.69) is 32.9 Å². The Balaban J connectivity index is 2.46. The van der Waals surface area contributed by atoms with E-state index in [9.17, 15) is 4.79 Å². The van der Waals surface area contributed by atoms with Gasteiger partial charge in [-0.3, -0.25) is 4.79 Å². The van der Waals surface area contributed by atoms with Crippen molar-refractivity contribution in [2.75, 3.05) is 0 Å². The third-order valence-corrected chi connectivity index (χ3v) is 3.22. The molecule has 1 unspecified atom stereocenters. The van der Waals surface area contributed by atoms with Crippen LogP contribution in [0.4, 0.5) is 0 Å². The zero-order valence-corrected chi connectivity index (χ0v) is 10.5. The maximum absolute atomic E-state index is 10.9. The lowest BCUT2D eigenvalue weighted by Gasteiger charge is -2.21. The zero-order chi connectivity index (χ0) is 12.6. The lowest BCUT2D eigenvalue weighted by molar-refractivity contribution is -0.137. The number of fused-ring (bicyclic) bond motifs is 1. The first-order chi connectivity index (χ1) is 7.89. The normalized spacial score (nSPS) is 18.8. The van der Waals surface area contributed by atoms with Crippen molar-refractivity contribution >= 4 is 11.5 Å². The van der Waals surface area contributed by atoms with E-state index in [1.165, 1.54) is 11.1 Å². The maximum Gasteiger partial charge on any atom is 0.304 e. The molecule has 0 spiro atoms. The number of carboxylic acids is 1. The predicted octanol–water partition coefficient (Wildman–Crippen LogP) is 3.69. The van der Waals surface area contributed by atoms with Crippen LogP contribution in [0.3, 0.4) is 0 Å². The summed E-state index contributed by atoms with van der Waals surface area (Å²) in [4.78, 5) is 10.9. The van der Waals surface area contributed by atoms with Crippen molar-refractivity contribution in [1.29, 1.82) is 0 Å². The van der Waals surface area contributed by atoms with Gasteiger partial charge >= 0.3 is 5.97 Å². The highest BCUT2D eigenvalue weighted by Crippen LogP contribution is 2.45. The minimum Gasteiger partial charge on any atom is -0.481 e. The molecule has 2 nitrogen and oxygen atoms in total. The van der Waals surface area contributed by atoms with Gasteiger partial charge in [-0.25, -0.2) is 0 Å². The van der Waals surface area contributed by atoms with E-state index < -0.39 is 5.97 Å². The van der Waals surface area contributed by atoms with Crippen molar-refractivity contribution in [3.8, 4) is 0 Å². The first kappa shape index (κ1) is 11.9. The Bertz CT molecular complexity index is 478. The van der Waals surface area contributed by atoms with Crippen LogP contribution in [0.25, 0.3) is 5.57 Å². The molecule has 0 saturated carbocycles. The highest BCUT2D eigenvalue weighted by molar-refractivity contribution is 5.80. The molecule has 0 radical (unpaired) electrons. The zero-order valence-electron chi connectivity index (χ0n) is 10.5. The van der Waals surface area contributed by atoms with Crippen LogP contribution in [-0.4, -0.2) is 11.1 Å². The average molecular weight is 230 g/mol. The smallest absolute Gasteiger partial charge is 0.304 e. The van der Waals surface area contributed by atoms with Crippen LogP contribution < -0.4 is 0 Å². The van der Waals surface area contributed by atoms with Gasteiger partial charge in [0.15, 0.2) is 0 Å². The Morgan fingerprint density at radius 3 is 2.53 bits per heavy atom. The van der Waals surface area contributed by atoms with Gasteiger partial charge in [0.25, 0.3) is 0 Å². The van der Waals surface area contributed by atoms with Gasteiger partial charge in [-0.05, 0) is 22.1 Å². The van der Waals surface area contributed by atoms with Crippen molar-refractivity contribution in [3.05, 3.63) is 41.5 Å². The molecule has 17 heavy (non-hydrogen) atoms. The first-order valence-electron chi connectivity index (χ1n) is 5.93. The topological polar surface area (TPSA) is 37.3 Å². The summed E-state index contributed by atoms with van der Waals surface area (Å²) in [6.07, 6.45) is 2.30. The van der Waals surface area contributed by atoms with Gasteiger partial charge in [-0.1, -0.05) is 51.1 Å². The van der Waals surface area contributed by atoms with Crippen molar-refractivity contribution in [2.45, 2.75) is 33.1 Å². The van der Waals surface area contributed by atoms with E-state index in [1.54, 1.807) is 0 Å². The van der Waals surface area contributed by atoms with Crippen LogP contribution in [0.1, 0.15) is 44.2 Å². The molecule has 0 aliphatic heterocycles. The molecule has 0 aromatic heterocycles. The molecule has 1 N–H and O–H groups in total. The standard InChI is InChI=1S/C15H18O2/c1-15(2,3)13-8-10(9-14(16)17)11-6-4-5-7-12(11)13/h4-8,10H,9H2,1-3H3,(H,16,17). The van der Waals surface area contributed by atoms with E-state index in [0.717, 1.165) is 5.56 Å². The van der Waals surface area contributed by atoms with Crippen LogP contribution in [0.2, 0.25) is 0 Å². The summed E-state index contributed by atoms with van der Waals surface area (Å²) in [5.41, 5.74) is 3.69. The summed E-state index contributed by atoms with van der Waals surface area (Å²) in [5.74, 6) is -0.714. The van der Waals surface area contributed by atoms with Gasteiger partial charge in [0.05, 0.1) is 6.42 Å². The van der Waals surface area contributed by atoms with E-state index >= 15 is 0 Å². The summed E-state index contributed by atoms with van der Waals surface area (Å²) in [6.45, 7) is 6.50. The summed E-state index contributed by atoms with van der Waals surface area (Å²) in [7, 11) is 0. The lowest BCUT2D eigenvalue weighted by atomic mass is 9.83. The fourth-order valence-electron chi connectivity index (χ4n) is 2.46. The summed E-state index contributed by atoms with van der Waals surface area (Å²) in [6, 6.07) is 8.13. The Morgan fingerprint density at radius 1 is 1.29 bits per heavy atom. The first-order valence-corrected chi connectivity index (χ1v) is 5.93. The molecule has 1 atom stereocenters. The summed E-state index contributed by atoms with van der Waals surface area (Å²) in [5, 5.41) is 8.96. The fourth-order valence-corrected chi connectivity index (χ4v) is 2.46. The van der Waals surface area contributed by atoms with Crippen molar-refractivity contribution < 1.29 is 9.90 Å². The van der Waals surface area contributed by atoms with Gasteiger partial charge in [0.2, 0.25) is 0 Å². The predicted molar refractivity (Wildman–Crippen MR) is 68.9 cm³/mol. The molecule has 1 aliphatic carbocycles. The number of hydrogen-bond donors (Lipinski definition) is 1. The molecule has 0 bridgehead atoms. The minimum absolute atomic E-state index is 0.0259. The SMILES string of the molecule is CC(C)(C)C1=CC(CC(=O)O)c2ccccc21. The lowest BCUT2D eigenvalue weighted by Crippen LogP contribution is -2.06. The molecule has 90 valence electrons. The molecule has 0 heterocycles. The average Bonchev–Trinajstić information content (AvgIpc) is 2.56. The molecular formula is C15H18O2. The summed E-state index contributed by atoms with van der Waals surface area (Å²) >= 11 is 0. The molecule has 0 amide bonds. The molecule has 0 fully saturated rings. The number of carboxylic acid groups (broad SMARTS) is 1. The largest absolute Gasteiger partial charge is 0.481 e. The van der Waals surface area contributed by atoms with Crippen LogP contribution >= 0.6 is 0 Å². The van der Waals surface area contributed by atoms with Crippen LogP contribution in [-0.2, 0) is 4.79 Å².